The SMILES string of the molecule is Cc1ccc(-c2ccccc2)cc1-c1cc2c3ccccc3n3c4ccccc4c(c1)c23. The Hall–Kier alpha value is -4.10. The number of hydrogen-bond acceptors (Lipinski definition) is 0. The minimum Gasteiger partial charge on any atom is -0.308 e. The van der Waals surface area contributed by atoms with Crippen molar-refractivity contribution in [3.63, 3.8) is 0 Å². The van der Waals surface area contributed by atoms with Gasteiger partial charge in [-0.3, -0.25) is 0 Å². The highest BCUT2D eigenvalue weighted by Crippen LogP contribution is 2.42. The summed E-state index contributed by atoms with van der Waals surface area (Å²) in [5, 5.41) is 5.29. The summed E-state index contributed by atoms with van der Waals surface area (Å²) in [6, 6.07) is 39.8. The van der Waals surface area contributed by atoms with E-state index in [2.05, 4.69) is 121 Å². The van der Waals surface area contributed by atoms with Crippen LogP contribution in [0.2, 0.25) is 0 Å². The van der Waals surface area contributed by atoms with Crippen LogP contribution in [0.15, 0.2) is 109 Å². The maximum absolute atomic E-state index is 2.44. The summed E-state index contributed by atoms with van der Waals surface area (Å²) < 4.78 is 2.44. The molecule has 0 unspecified atom stereocenters. The Morgan fingerprint density at radius 1 is 0.469 bits per heavy atom. The fourth-order valence-electron chi connectivity index (χ4n) is 5.35. The summed E-state index contributed by atoms with van der Waals surface area (Å²) in [6.07, 6.45) is 0. The van der Waals surface area contributed by atoms with Crippen molar-refractivity contribution in [3.05, 3.63) is 115 Å². The van der Waals surface area contributed by atoms with E-state index in [1.165, 1.54) is 65.9 Å². The molecule has 2 aromatic heterocycles. The Morgan fingerprint density at radius 3 is 1.72 bits per heavy atom. The lowest BCUT2D eigenvalue weighted by atomic mass is 9.93. The van der Waals surface area contributed by atoms with E-state index in [0.29, 0.717) is 0 Å². The van der Waals surface area contributed by atoms with E-state index in [1.807, 2.05) is 0 Å². The second-order valence-electron chi connectivity index (χ2n) is 8.69. The van der Waals surface area contributed by atoms with Gasteiger partial charge in [-0.2, -0.15) is 0 Å². The first-order valence-corrected chi connectivity index (χ1v) is 11.1. The third-order valence-corrected chi connectivity index (χ3v) is 6.86. The van der Waals surface area contributed by atoms with Crippen molar-refractivity contribution >= 4 is 38.1 Å². The zero-order chi connectivity index (χ0) is 21.2. The smallest absolute Gasteiger partial charge is 0.0620 e. The van der Waals surface area contributed by atoms with Gasteiger partial charge in [0.05, 0.1) is 16.6 Å². The number of aromatic nitrogens is 1. The first kappa shape index (κ1) is 17.6. The van der Waals surface area contributed by atoms with Gasteiger partial charge < -0.3 is 4.40 Å². The summed E-state index contributed by atoms with van der Waals surface area (Å²) in [5.74, 6) is 0. The fraction of sp³-hybridized carbons (Fsp3) is 0.0323. The predicted molar refractivity (Wildman–Crippen MR) is 137 cm³/mol. The van der Waals surface area contributed by atoms with Crippen LogP contribution in [-0.2, 0) is 0 Å². The molecule has 0 N–H and O–H groups in total. The standard InChI is InChI=1S/C31H21N/c1-20-15-16-22(21-9-3-2-4-10-21)17-26(20)23-18-27-24-11-5-7-13-29(24)32-30-14-8-6-12-25(30)28(19-23)31(27)32/h2-19H,1H3. The van der Waals surface area contributed by atoms with Crippen molar-refractivity contribution in [2.45, 2.75) is 6.92 Å². The molecule has 0 bridgehead atoms. The first-order chi connectivity index (χ1) is 15.8. The zero-order valence-electron chi connectivity index (χ0n) is 17.8. The van der Waals surface area contributed by atoms with E-state index in [1.54, 1.807) is 0 Å². The molecule has 0 amide bonds. The lowest BCUT2D eigenvalue weighted by Gasteiger charge is -2.11. The molecule has 5 aromatic carbocycles. The van der Waals surface area contributed by atoms with Gasteiger partial charge >= 0.3 is 0 Å². The van der Waals surface area contributed by atoms with Gasteiger partial charge in [0.1, 0.15) is 0 Å². The number of fused-ring (bicyclic) bond motifs is 6. The molecule has 0 saturated carbocycles. The van der Waals surface area contributed by atoms with Crippen LogP contribution >= 0.6 is 0 Å². The summed E-state index contributed by atoms with van der Waals surface area (Å²) in [4.78, 5) is 0. The van der Waals surface area contributed by atoms with E-state index < -0.39 is 0 Å². The number of nitrogens with zero attached hydrogens (tertiary/aromatic N) is 1. The zero-order valence-corrected chi connectivity index (χ0v) is 17.8. The van der Waals surface area contributed by atoms with Gasteiger partial charge in [-0.15, -0.1) is 0 Å². The summed E-state index contributed by atoms with van der Waals surface area (Å²) in [5.41, 5.74) is 10.3. The molecular weight excluding hydrogens is 386 g/mol. The molecular formula is C31H21N. The molecule has 0 atom stereocenters. The third-order valence-electron chi connectivity index (χ3n) is 6.86. The second kappa shape index (κ2) is 6.45. The predicted octanol–water partition coefficient (Wildman–Crippen LogP) is 8.48. The van der Waals surface area contributed by atoms with Crippen LogP contribution in [0.5, 0.6) is 0 Å². The molecule has 0 spiro atoms. The van der Waals surface area contributed by atoms with Crippen molar-refractivity contribution < 1.29 is 0 Å². The van der Waals surface area contributed by atoms with Gasteiger partial charge in [-0.25, -0.2) is 0 Å². The van der Waals surface area contributed by atoms with Crippen molar-refractivity contribution in [2.24, 2.45) is 0 Å². The largest absolute Gasteiger partial charge is 0.308 e. The van der Waals surface area contributed by atoms with Crippen LogP contribution in [0.3, 0.4) is 0 Å². The maximum atomic E-state index is 2.44. The number of rotatable bonds is 2. The normalized spacial score (nSPS) is 11.9. The Labute approximate surface area is 186 Å². The number of aryl methyl sites for hydroxylation is 1. The number of benzene rings is 5. The van der Waals surface area contributed by atoms with Crippen molar-refractivity contribution in [3.8, 4) is 22.3 Å². The van der Waals surface area contributed by atoms with Gasteiger partial charge in [0.2, 0.25) is 0 Å². The molecule has 0 aliphatic carbocycles. The Morgan fingerprint density at radius 2 is 1.06 bits per heavy atom. The van der Waals surface area contributed by atoms with Gasteiger partial charge in [-0.05, 0) is 65.1 Å². The molecule has 32 heavy (non-hydrogen) atoms. The molecule has 0 aliphatic rings. The van der Waals surface area contributed by atoms with Gasteiger partial charge in [0.25, 0.3) is 0 Å². The molecule has 0 saturated heterocycles. The van der Waals surface area contributed by atoms with Gasteiger partial charge in [-0.1, -0.05) is 78.9 Å². The van der Waals surface area contributed by atoms with Gasteiger partial charge in [0.15, 0.2) is 0 Å². The average Bonchev–Trinajstić information content (AvgIpc) is 3.36. The van der Waals surface area contributed by atoms with Crippen LogP contribution < -0.4 is 0 Å². The highest BCUT2D eigenvalue weighted by Gasteiger charge is 2.18. The molecule has 1 nitrogen and oxygen atoms in total. The second-order valence-corrected chi connectivity index (χ2v) is 8.69. The molecule has 7 aromatic rings. The summed E-state index contributed by atoms with van der Waals surface area (Å²) in [6.45, 7) is 2.21. The third kappa shape index (κ3) is 2.34. The quantitative estimate of drug-likeness (QED) is 0.271. The first-order valence-electron chi connectivity index (χ1n) is 11.1. The number of hydrogen-bond donors (Lipinski definition) is 0. The van der Waals surface area contributed by atoms with E-state index in [-0.39, 0.29) is 0 Å². The molecule has 7 rings (SSSR count). The van der Waals surface area contributed by atoms with E-state index in [4.69, 9.17) is 0 Å². The van der Waals surface area contributed by atoms with Crippen molar-refractivity contribution in [1.82, 2.24) is 4.40 Å². The van der Waals surface area contributed by atoms with Crippen LogP contribution in [0.25, 0.3) is 60.3 Å². The van der Waals surface area contributed by atoms with E-state index in [9.17, 15) is 0 Å². The molecule has 2 heterocycles. The highest BCUT2D eigenvalue weighted by atomic mass is 14.9. The van der Waals surface area contributed by atoms with Crippen LogP contribution in [0, 0.1) is 6.92 Å². The van der Waals surface area contributed by atoms with Crippen molar-refractivity contribution in [1.29, 1.82) is 0 Å². The highest BCUT2D eigenvalue weighted by molar-refractivity contribution is 6.24. The minimum absolute atomic E-state index is 1.25. The van der Waals surface area contributed by atoms with Crippen LogP contribution in [0.1, 0.15) is 5.56 Å². The fourth-order valence-corrected chi connectivity index (χ4v) is 5.35. The monoisotopic (exact) mass is 407 g/mol. The lowest BCUT2D eigenvalue weighted by Crippen LogP contribution is -1.86. The van der Waals surface area contributed by atoms with E-state index >= 15 is 0 Å². The molecule has 1 heteroatoms. The average molecular weight is 408 g/mol. The van der Waals surface area contributed by atoms with E-state index in [0.717, 1.165) is 0 Å². The molecule has 150 valence electrons. The maximum Gasteiger partial charge on any atom is 0.0620 e. The Kier molecular flexibility index (Phi) is 3.54. The lowest BCUT2D eigenvalue weighted by molar-refractivity contribution is 1.37. The Balaban J connectivity index is 1.60. The molecule has 0 aliphatic heterocycles. The number of para-hydroxylation sites is 2. The summed E-state index contributed by atoms with van der Waals surface area (Å²) >= 11 is 0. The Bertz CT molecular complexity index is 1690. The van der Waals surface area contributed by atoms with Crippen LogP contribution in [-0.4, -0.2) is 4.40 Å². The topological polar surface area (TPSA) is 4.41 Å². The van der Waals surface area contributed by atoms with Gasteiger partial charge in [0, 0.05) is 21.5 Å². The molecule has 0 radical (unpaired) electrons. The molecule has 0 fully saturated rings. The summed E-state index contributed by atoms with van der Waals surface area (Å²) in [7, 11) is 0. The van der Waals surface area contributed by atoms with Crippen molar-refractivity contribution in [2.75, 3.05) is 0 Å². The van der Waals surface area contributed by atoms with Crippen LogP contribution in [0.4, 0.5) is 0 Å². The minimum atomic E-state index is 1.25.